The Morgan fingerprint density at radius 1 is 1.43 bits per heavy atom. The zero-order chi connectivity index (χ0) is 16.3. The van der Waals surface area contributed by atoms with Crippen LogP contribution in [0.25, 0.3) is 0 Å². The summed E-state index contributed by atoms with van der Waals surface area (Å²) in [5.74, 6) is 0.553. The number of fused-ring (bicyclic) bond motifs is 1. The molecule has 3 heterocycles. The third-order valence-electron chi connectivity index (χ3n) is 3.94. The van der Waals surface area contributed by atoms with E-state index in [1.54, 1.807) is 0 Å². The molecule has 4 N–H and O–H groups in total. The molecular weight excluding hydrogens is 322 g/mol. The fourth-order valence-corrected chi connectivity index (χ4v) is 3.23. The van der Waals surface area contributed by atoms with Crippen LogP contribution in [0.1, 0.15) is 31.4 Å². The highest BCUT2D eigenvalue weighted by Gasteiger charge is 2.23. The average molecular weight is 345 g/mol. The Hall–Kier alpha value is -1.20. The largest absolute Gasteiger partial charge is 0.356 e. The summed E-state index contributed by atoms with van der Waals surface area (Å²) in [7, 11) is -3.81. The lowest BCUT2D eigenvalue weighted by Gasteiger charge is -2.27. The van der Waals surface area contributed by atoms with Crippen LogP contribution in [0, 0.1) is 0 Å². The second-order valence-electron chi connectivity index (χ2n) is 5.82. The van der Waals surface area contributed by atoms with Crippen LogP contribution >= 0.6 is 0 Å². The second-order valence-corrected chi connectivity index (χ2v) is 7.30. The van der Waals surface area contributed by atoms with Gasteiger partial charge in [0.25, 0.3) is 10.0 Å². The van der Waals surface area contributed by atoms with E-state index < -0.39 is 10.0 Å². The summed E-state index contributed by atoms with van der Waals surface area (Å²) >= 11 is 0. The van der Waals surface area contributed by atoms with Crippen LogP contribution < -0.4 is 10.5 Å². The van der Waals surface area contributed by atoms with Gasteiger partial charge in [-0.15, -0.1) is 0 Å². The molecule has 10 heteroatoms. The lowest BCUT2D eigenvalue weighted by molar-refractivity contribution is -0.163. The monoisotopic (exact) mass is 345 g/mol. The summed E-state index contributed by atoms with van der Waals surface area (Å²) in [6.07, 6.45) is 4.08. The van der Waals surface area contributed by atoms with Gasteiger partial charge in [0.05, 0.1) is 19.0 Å². The fraction of sp³-hybridized carbons (Fsp3) is 0.769. The van der Waals surface area contributed by atoms with E-state index in [4.69, 9.17) is 14.6 Å². The van der Waals surface area contributed by atoms with Crippen LogP contribution in [0.4, 0.5) is 5.82 Å². The molecule has 130 valence electrons. The molecule has 0 radical (unpaired) electrons. The molecule has 0 saturated carbocycles. The molecule has 3 rings (SSSR count). The second kappa shape index (κ2) is 7.14. The van der Waals surface area contributed by atoms with Crippen molar-refractivity contribution >= 4 is 15.8 Å². The van der Waals surface area contributed by atoms with Gasteiger partial charge in [-0.3, -0.25) is 4.90 Å². The van der Waals surface area contributed by atoms with Gasteiger partial charge < -0.3 is 19.8 Å². The first-order valence-corrected chi connectivity index (χ1v) is 9.38. The van der Waals surface area contributed by atoms with E-state index in [-0.39, 0.29) is 11.4 Å². The van der Waals surface area contributed by atoms with Crippen LogP contribution in [-0.2, 0) is 26.0 Å². The maximum Gasteiger partial charge on any atom is 0.271 e. The minimum Gasteiger partial charge on any atom is -0.356 e. The molecule has 1 atom stereocenters. The number of anilines is 1. The van der Waals surface area contributed by atoms with Crippen molar-refractivity contribution in [2.75, 3.05) is 31.7 Å². The van der Waals surface area contributed by atoms with E-state index in [0.717, 1.165) is 44.5 Å². The third kappa shape index (κ3) is 4.42. The van der Waals surface area contributed by atoms with E-state index in [2.05, 4.69) is 20.2 Å². The highest BCUT2D eigenvalue weighted by molar-refractivity contribution is 7.89. The van der Waals surface area contributed by atoms with E-state index in [1.165, 1.54) is 0 Å². The number of nitrogens with zero attached hydrogens (tertiary/aromatic N) is 2. The standard InChI is InChI=1S/C13H23N5O4S/c14-23(19,20)13-16-10-8-18(9-15-12(10)17-13)5-3-7-22-11-4-1-2-6-21-11/h11,15H,1-9H2,(H,16,17)(H2,14,19,20). The molecule has 1 saturated heterocycles. The Morgan fingerprint density at radius 2 is 2.30 bits per heavy atom. The van der Waals surface area contributed by atoms with Crippen LogP contribution in [0.15, 0.2) is 5.16 Å². The Labute approximate surface area is 135 Å². The Balaban J connectivity index is 1.43. The van der Waals surface area contributed by atoms with E-state index in [1.807, 2.05) is 0 Å². The normalized spacial score (nSPS) is 22.6. The number of ether oxygens (including phenoxy) is 2. The summed E-state index contributed by atoms with van der Waals surface area (Å²) in [5.41, 5.74) is 0.733. The molecular formula is C13H23N5O4S. The summed E-state index contributed by atoms with van der Waals surface area (Å²) in [4.78, 5) is 8.88. The quantitative estimate of drug-likeness (QED) is 0.628. The summed E-state index contributed by atoms with van der Waals surface area (Å²) in [6, 6.07) is 0. The number of aromatic nitrogens is 2. The predicted octanol–water partition coefficient (Wildman–Crippen LogP) is 0.175. The summed E-state index contributed by atoms with van der Waals surface area (Å²) in [6.45, 7) is 3.49. The van der Waals surface area contributed by atoms with Crippen molar-refractivity contribution in [2.24, 2.45) is 5.14 Å². The van der Waals surface area contributed by atoms with Crippen LogP contribution in [0.2, 0.25) is 0 Å². The maximum absolute atomic E-state index is 11.3. The number of hydrogen-bond acceptors (Lipinski definition) is 7. The number of primary sulfonamides is 1. The first kappa shape index (κ1) is 16.7. The van der Waals surface area contributed by atoms with Crippen molar-refractivity contribution < 1.29 is 17.9 Å². The van der Waals surface area contributed by atoms with Crippen LogP contribution in [0.5, 0.6) is 0 Å². The summed E-state index contributed by atoms with van der Waals surface area (Å²) < 4.78 is 33.8. The number of hydrogen-bond donors (Lipinski definition) is 3. The van der Waals surface area contributed by atoms with Gasteiger partial charge in [0.15, 0.2) is 12.1 Å². The predicted molar refractivity (Wildman–Crippen MR) is 83.0 cm³/mol. The maximum atomic E-state index is 11.3. The van der Waals surface area contributed by atoms with Crippen LogP contribution in [-0.4, -0.2) is 56.0 Å². The molecule has 0 aromatic carbocycles. The lowest BCUT2D eigenvalue weighted by atomic mass is 10.2. The Morgan fingerprint density at radius 3 is 3.04 bits per heavy atom. The van der Waals surface area contributed by atoms with Crippen molar-refractivity contribution in [2.45, 2.75) is 43.7 Å². The van der Waals surface area contributed by atoms with Gasteiger partial charge in [0, 0.05) is 19.7 Å². The zero-order valence-electron chi connectivity index (χ0n) is 13.0. The molecule has 0 amide bonds. The van der Waals surface area contributed by atoms with Gasteiger partial charge in [-0.05, 0) is 25.7 Å². The molecule has 0 aliphatic carbocycles. The molecule has 2 aliphatic heterocycles. The van der Waals surface area contributed by atoms with E-state index >= 15 is 0 Å². The first-order chi connectivity index (χ1) is 11.0. The molecule has 1 aromatic rings. The van der Waals surface area contributed by atoms with Gasteiger partial charge in [0.2, 0.25) is 5.16 Å². The smallest absolute Gasteiger partial charge is 0.271 e. The number of nitrogens with two attached hydrogens (primary N) is 1. The number of H-pyrrole nitrogens is 1. The number of imidazole rings is 1. The first-order valence-electron chi connectivity index (χ1n) is 7.83. The number of aromatic amines is 1. The topological polar surface area (TPSA) is 123 Å². The molecule has 1 unspecified atom stereocenters. The summed E-state index contributed by atoms with van der Waals surface area (Å²) in [5, 5.41) is 7.98. The molecule has 0 bridgehead atoms. The Bertz CT molecular complexity index is 626. The van der Waals surface area contributed by atoms with Crippen molar-refractivity contribution in [1.29, 1.82) is 0 Å². The molecule has 2 aliphatic rings. The van der Waals surface area contributed by atoms with E-state index in [9.17, 15) is 8.42 Å². The van der Waals surface area contributed by atoms with Gasteiger partial charge in [0.1, 0.15) is 0 Å². The highest BCUT2D eigenvalue weighted by Crippen LogP contribution is 2.21. The van der Waals surface area contributed by atoms with Gasteiger partial charge in [-0.2, -0.15) is 4.98 Å². The minimum absolute atomic E-state index is 0.0558. The molecule has 23 heavy (non-hydrogen) atoms. The van der Waals surface area contributed by atoms with Gasteiger partial charge >= 0.3 is 0 Å². The zero-order valence-corrected chi connectivity index (χ0v) is 13.8. The number of rotatable bonds is 6. The molecule has 1 fully saturated rings. The van der Waals surface area contributed by atoms with Crippen molar-refractivity contribution in [3.8, 4) is 0 Å². The fourth-order valence-electron chi connectivity index (χ4n) is 2.75. The molecule has 9 nitrogen and oxygen atoms in total. The average Bonchev–Trinajstić information content (AvgIpc) is 2.96. The number of sulfonamides is 1. The van der Waals surface area contributed by atoms with Gasteiger partial charge in [-0.1, -0.05) is 0 Å². The number of nitrogens with one attached hydrogen (secondary N) is 2. The lowest BCUT2D eigenvalue weighted by Crippen LogP contribution is -2.35. The third-order valence-corrected chi connectivity index (χ3v) is 4.67. The Kier molecular flexibility index (Phi) is 5.17. The van der Waals surface area contributed by atoms with Crippen molar-refractivity contribution in [1.82, 2.24) is 14.9 Å². The SMILES string of the molecule is NS(=O)(=O)c1nc2c([nH]1)CN(CCCOC1CCCCO1)CN2. The van der Waals surface area contributed by atoms with E-state index in [0.29, 0.717) is 25.6 Å². The van der Waals surface area contributed by atoms with Crippen molar-refractivity contribution in [3.05, 3.63) is 5.69 Å². The molecule has 0 spiro atoms. The van der Waals surface area contributed by atoms with Gasteiger partial charge in [-0.25, -0.2) is 13.6 Å². The van der Waals surface area contributed by atoms with Crippen LogP contribution in [0.3, 0.4) is 0 Å². The minimum atomic E-state index is -3.81. The van der Waals surface area contributed by atoms with Crippen molar-refractivity contribution in [3.63, 3.8) is 0 Å². The highest BCUT2D eigenvalue weighted by atomic mass is 32.2. The molecule has 1 aromatic heterocycles.